The van der Waals surface area contributed by atoms with Crippen molar-refractivity contribution >= 4 is 40.0 Å². The van der Waals surface area contributed by atoms with Gasteiger partial charge in [-0.05, 0) is 12.8 Å². The summed E-state index contributed by atoms with van der Waals surface area (Å²) in [7, 11) is -2.06. The van der Waals surface area contributed by atoms with Gasteiger partial charge in [-0.3, -0.25) is 13.7 Å². The molecule has 0 unspecified atom stereocenters. The predicted octanol–water partition coefficient (Wildman–Crippen LogP) is 5.66. The Labute approximate surface area is 185 Å². The van der Waals surface area contributed by atoms with Crippen LogP contribution in [0.5, 0.6) is 5.88 Å². The quantitative estimate of drug-likeness (QED) is 0.219. The van der Waals surface area contributed by atoms with Crippen LogP contribution in [0.25, 0.3) is 0 Å². The number of hydrogen-bond donors (Lipinski definition) is 0. The van der Waals surface area contributed by atoms with Gasteiger partial charge in [-0.25, -0.2) is 8.42 Å². The first-order valence-corrected chi connectivity index (χ1v) is 14.8. The van der Waals surface area contributed by atoms with E-state index in [0.717, 1.165) is 51.4 Å². The third kappa shape index (κ3) is 8.83. The van der Waals surface area contributed by atoms with Gasteiger partial charge in [-0.1, -0.05) is 70.9 Å². The molecule has 0 radical (unpaired) electrons. The van der Waals surface area contributed by atoms with Crippen molar-refractivity contribution in [2.24, 2.45) is 7.05 Å². The maximum Gasteiger partial charge on any atom is 0.381 e. The van der Waals surface area contributed by atoms with E-state index in [1.807, 2.05) is 0 Å². The molecule has 0 bridgehead atoms. The molecule has 1 aromatic heterocycles. The molecule has 1 rings (SSSR count). The third-order valence-electron chi connectivity index (χ3n) is 4.28. The van der Waals surface area contributed by atoms with Crippen LogP contribution >= 0.6 is 18.3 Å². The molecule has 0 spiro atoms. The van der Waals surface area contributed by atoms with E-state index in [1.54, 1.807) is 6.92 Å². The Morgan fingerprint density at radius 1 is 1.00 bits per heavy atom. The highest BCUT2D eigenvalue weighted by atomic mass is 35.5. The average Bonchev–Trinajstić information content (AvgIpc) is 2.95. The summed E-state index contributed by atoms with van der Waals surface area (Å²) in [6.45, 7) is 3.49. The summed E-state index contributed by atoms with van der Waals surface area (Å²) in [6.07, 6.45) is 8.25. The van der Waals surface area contributed by atoms with Crippen LogP contribution in [0.1, 0.15) is 72.1 Å². The maximum absolute atomic E-state index is 12.3. The molecule has 0 aliphatic rings. The Morgan fingerprint density at radius 2 is 1.52 bits per heavy atom. The fraction of sp³-hybridized carbons (Fsp3) is 0.833. The second-order valence-electron chi connectivity index (χ2n) is 6.78. The lowest BCUT2D eigenvalue weighted by Crippen LogP contribution is -2.10. The summed E-state index contributed by atoms with van der Waals surface area (Å²) in [5.74, 6) is -0.159. The van der Waals surface area contributed by atoms with Crippen LogP contribution in [0.4, 0.5) is 0 Å². The first kappa shape index (κ1) is 26.9. The van der Waals surface area contributed by atoms with Gasteiger partial charge in [0, 0.05) is 18.9 Å². The average molecular weight is 489 g/mol. The van der Waals surface area contributed by atoms with E-state index in [0.29, 0.717) is 13.2 Å². The van der Waals surface area contributed by atoms with Crippen LogP contribution in [0.2, 0.25) is 5.02 Å². The van der Waals surface area contributed by atoms with Gasteiger partial charge in [0.15, 0.2) is 14.9 Å². The van der Waals surface area contributed by atoms with Crippen LogP contribution < -0.4 is 4.52 Å². The van der Waals surface area contributed by atoms with Crippen molar-refractivity contribution in [2.75, 3.05) is 19.0 Å². The number of hydrogen-bond acceptors (Lipinski definition) is 7. The van der Waals surface area contributed by atoms with Crippen molar-refractivity contribution in [2.45, 2.75) is 77.2 Å². The summed E-state index contributed by atoms with van der Waals surface area (Å²) in [6, 6.07) is 0. The fourth-order valence-electron chi connectivity index (χ4n) is 2.60. The normalized spacial score (nSPS) is 12.4. The standard InChI is InChI=1S/C18H34ClN2O5PS2/c1-5-8-10-12-14-24-27(28,25-15-13-11-9-6-2)26-17-16(19)18(21(4)20-17)29(22,23)7-3/h5-15H2,1-4H3. The van der Waals surface area contributed by atoms with Crippen molar-refractivity contribution in [3.8, 4) is 5.88 Å². The highest BCUT2D eigenvalue weighted by molar-refractivity contribution is 8.07. The van der Waals surface area contributed by atoms with Crippen molar-refractivity contribution < 1.29 is 22.0 Å². The molecule has 0 amide bonds. The number of halogens is 1. The highest BCUT2D eigenvalue weighted by Crippen LogP contribution is 2.52. The van der Waals surface area contributed by atoms with Crippen molar-refractivity contribution in [3.05, 3.63) is 5.02 Å². The van der Waals surface area contributed by atoms with Gasteiger partial charge in [0.25, 0.3) is 5.88 Å². The molecule has 0 aromatic carbocycles. The number of unbranched alkanes of at least 4 members (excludes halogenated alkanes) is 6. The van der Waals surface area contributed by atoms with Crippen molar-refractivity contribution in [1.29, 1.82) is 0 Å². The SMILES string of the molecule is CCCCCCOP(=S)(OCCCCCC)Oc1nn(C)c(S(=O)(=O)CC)c1Cl. The molecule has 0 saturated heterocycles. The summed E-state index contributed by atoms with van der Waals surface area (Å²) >= 11 is 11.8. The van der Waals surface area contributed by atoms with Gasteiger partial charge in [-0.15, -0.1) is 5.10 Å². The Hall–Kier alpha value is -0.180. The van der Waals surface area contributed by atoms with E-state index >= 15 is 0 Å². The topological polar surface area (TPSA) is 79.7 Å². The zero-order valence-corrected chi connectivity index (χ0v) is 21.1. The Morgan fingerprint density at radius 3 is 1.97 bits per heavy atom. The van der Waals surface area contributed by atoms with Gasteiger partial charge in [-0.2, -0.15) is 0 Å². The zero-order chi connectivity index (χ0) is 21.9. The summed E-state index contributed by atoms with van der Waals surface area (Å²) in [5, 5.41) is 3.93. The van der Waals surface area contributed by atoms with Crippen LogP contribution in [-0.4, -0.2) is 37.2 Å². The number of aromatic nitrogens is 2. The number of sulfone groups is 1. The first-order chi connectivity index (χ1) is 13.7. The number of nitrogens with zero attached hydrogens (tertiary/aromatic N) is 2. The molecule has 1 aromatic rings. The van der Waals surface area contributed by atoms with Gasteiger partial charge in [0.2, 0.25) is 0 Å². The molecule has 0 fully saturated rings. The molecule has 0 saturated carbocycles. The third-order valence-corrected chi connectivity index (χ3v) is 8.80. The lowest BCUT2D eigenvalue weighted by atomic mass is 10.2. The lowest BCUT2D eigenvalue weighted by Gasteiger charge is -2.21. The van der Waals surface area contributed by atoms with Crippen LogP contribution in [-0.2, 0) is 37.7 Å². The second-order valence-corrected chi connectivity index (χ2v) is 12.3. The van der Waals surface area contributed by atoms with Crippen LogP contribution in [0, 0.1) is 0 Å². The molecule has 1 heterocycles. The van der Waals surface area contributed by atoms with E-state index in [-0.39, 0.29) is 21.7 Å². The molecule has 0 aliphatic heterocycles. The largest absolute Gasteiger partial charge is 0.402 e. The summed E-state index contributed by atoms with van der Waals surface area (Å²) < 4.78 is 43.2. The number of rotatable bonds is 16. The molecule has 0 N–H and O–H groups in total. The Balaban J connectivity index is 2.92. The Kier molecular flexibility index (Phi) is 12.3. The smallest absolute Gasteiger partial charge is 0.381 e. The highest BCUT2D eigenvalue weighted by Gasteiger charge is 2.31. The van der Waals surface area contributed by atoms with Gasteiger partial charge < -0.3 is 4.52 Å². The second kappa shape index (κ2) is 13.3. The van der Waals surface area contributed by atoms with E-state index in [4.69, 9.17) is 37.0 Å². The number of aryl methyl sites for hydroxylation is 1. The van der Waals surface area contributed by atoms with Crippen LogP contribution in [0.15, 0.2) is 5.03 Å². The summed E-state index contributed by atoms with van der Waals surface area (Å²) in [4.78, 5) is 0. The van der Waals surface area contributed by atoms with Gasteiger partial charge in [0.05, 0.1) is 19.0 Å². The minimum atomic E-state index is -3.56. The molecule has 7 nitrogen and oxygen atoms in total. The predicted molar refractivity (Wildman–Crippen MR) is 121 cm³/mol. The van der Waals surface area contributed by atoms with Crippen molar-refractivity contribution in [3.63, 3.8) is 0 Å². The first-order valence-electron chi connectivity index (χ1n) is 10.2. The molecule has 11 heteroatoms. The monoisotopic (exact) mass is 488 g/mol. The maximum atomic E-state index is 12.3. The van der Waals surface area contributed by atoms with Crippen molar-refractivity contribution in [1.82, 2.24) is 9.78 Å². The fourth-order valence-corrected chi connectivity index (χ4v) is 6.16. The zero-order valence-electron chi connectivity index (χ0n) is 17.9. The molecular formula is C18H34ClN2O5PS2. The van der Waals surface area contributed by atoms with Crippen LogP contribution in [0.3, 0.4) is 0 Å². The molecule has 0 atom stereocenters. The molecular weight excluding hydrogens is 455 g/mol. The minimum Gasteiger partial charge on any atom is -0.402 e. The summed E-state index contributed by atoms with van der Waals surface area (Å²) in [5.41, 5.74) is 0. The van der Waals surface area contributed by atoms with E-state index < -0.39 is 16.6 Å². The minimum absolute atomic E-state index is 0.0633. The van der Waals surface area contributed by atoms with E-state index in [2.05, 4.69) is 18.9 Å². The molecule has 0 aliphatic carbocycles. The van der Waals surface area contributed by atoms with E-state index in [9.17, 15) is 8.42 Å². The van der Waals surface area contributed by atoms with Gasteiger partial charge in [0.1, 0.15) is 5.02 Å². The molecule has 29 heavy (non-hydrogen) atoms. The van der Waals surface area contributed by atoms with Gasteiger partial charge >= 0.3 is 6.72 Å². The molecule has 170 valence electrons. The van der Waals surface area contributed by atoms with E-state index in [1.165, 1.54) is 11.7 Å². The lowest BCUT2D eigenvalue weighted by molar-refractivity contribution is 0.194. The Bertz CT molecular complexity index is 753.